The SMILES string of the molecule is C#Cc1cnc2c(Cl)cc(N[C@H](C3=CN(CC(F)(F)F)NN3)c3cccnc3)cc2c1N[C@H](CC)c1ccccc1. The maximum atomic E-state index is 13.0. The Labute approximate surface area is 240 Å². The summed E-state index contributed by atoms with van der Waals surface area (Å²) in [7, 11) is 0. The van der Waals surface area contributed by atoms with Crippen LogP contribution in [-0.4, -0.2) is 27.7 Å². The highest BCUT2D eigenvalue weighted by Crippen LogP contribution is 2.37. The van der Waals surface area contributed by atoms with E-state index < -0.39 is 18.8 Å². The summed E-state index contributed by atoms with van der Waals surface area (Å²) in [5, 5.41) is 9.05. The van der Waals surface area contributed by atoms with Crippen molar-refractivity contribution in [3.05, 3.63) is 107 Å². The minimum atomic E-state index is -4.38. The lowest BCUT2D eigenvalue weighted by atomic mass is 10.0. The fourth-order valence-corrected chi connectivity index (χ4v) is 5.00. The minimum absolute atomic E-state index is 0.0223. The number of alkyl halides is 3. The van der Waals surface area contributed by atoms with Crippen LogP contribution in [-0.2, 0) is 0 Å². The molecule has 0 bridgehead atoms. The largest absolute Gasteiger partial charge is 0.407 e. The van der Waals surface area contributed by atoms with Crippen LogP contribution < -0.4 is 21.6 Å². The van der Waals surface area contributed by atoms with Crippen LogP contribution in [0.15, 0.2) is 85.1 Å². The van der Waals surface area contributed by atoms with E-state index in [1.807, 2.05) is 30.3 Å². The van der Waals surface area contributed by atoms with Gasteiger partial charge in [-0.1, -0.05) is 60.8 Å². The van der Waals surface area contributed by atoms with Crippen LogP contribution in [0.25, 0.3) is 10.9 Å². The van der Waals surface area contributed by atoms with Crippen LogP contribution in [0.4, 0.5) is 24.5 Å². The van der Waals surface area contributed by atoms with E-state index >= 15 is 0 Å². The highest BCUT2D eigenvalue weighted by molar-refractivity contribution is 6.35. The summed E-state index contributed by atoms with van der Waals surface area (Å²) in [6.07, 6.45) is 8.55. The number of fused-ring (bicyclic) bond motifs is 1. The molecule has 0 aliphatic carbocycles. The van der Waals surface area contributed by atoms with Crippen molar-refractivity contribution in [3.8, 4) is 12.3 Å². The fourth-order valence-electron chi connectivity index (χ4n) is 4.74. The topological polar surface area (TPSA) is 77.1 Å². The molecule has 3 heterocycles. The van der Waals surface area contributed by atoms with Crippen molar-refractivity contribution in [1.82, 2.24) is 25.9 Å². The van der Waals surface area contributed by atoms with Gasteiger partial charge >= 0.3 is 6.18 Å². The second-order valence-corrected chi connectivity index (χ2v) is 9.90. The van der Waals surface area contributed by atoms with E-state index in [0.29, 0.717) is 38.6 Å². The van der Waals surface area contributed by atoms with Crippen LogP contribution in [0.2, 0.25) is 5.02 Å². The summed E-state index contributed by atoms with van der Waals surface area (Å²) in [5.74, 6) is 2.72. The van der Waals surface area contributed by atoms with Crippen LogP contribution in [0.1, 0.15) is 42.1 Å². The molecular weight excluding hydrogens is 551 g/mol. The van der Waals surface area contributed by atoms with Gasteiger partial charge in [-0.25, -0.2) is 0 Å². The average molecular weight is 578 g/mol. The van der Waals surface area contributed by atoms with Gasteiger partial charge in [-0.05, 0) is 35.7 Å². The maximum Gasteiger partial charge on any atom is 0.407 e. The first-order valence-corrected chi connectivity index (χ1v) is 13.3. The summed E-state index contributed by atoms with van der Waals surface area (Å²) in [5.41, 5.74) is 10.2. The predicted octanol–water partition coefficient (Wildman–Crippen LogP) is 6.71. The zero-order chi connectivity index (χ0) is 29.0. The lowest BCUT2D eigenvalue weighted by Gasteiger charge is -2.23. The van der Waals surface area contributed by atoms with Crippen LogP contribution in [0, 0.1) is 12.3 Å². The molecule has 4 N–H and O–H groups in total. The molecule has 4 aromatic rings. The molecule has 2 atom stereocenters. The summed E-state index contributed by atoms with van der Waals surface area (Å²) in [6.45, 7) is 0.918. The van der Waals surface area contributed by atoms with Crippen molar-refractivity contribution in [3.63, 3.8) is 0 Å². The number of benzene rings is 2. The van der Waals surface area contributed by atoms with Crippen LogP contribution in [0.5, 0.6) is 0 Å². The van der Waals surface area contributed by atoms with E-state index in [9.17, 15) is 13.2 Å². The van der Waals surface area contributed by atoms with E-state index in [2.05, 4.69) is 56.5 Å². The number of hydrazine groups is 2. The predicted molar refractivity (Wildman–Crippen MR) is 156 cm³/mol. The normalized spacial score (nSPS) is 14.6. The number of terminal acetylenes is 1. The van der Waals surface area contributed by atoms with Crippen molar-refractivity contribution in [2.75, 3.05) is 17.2 Å². The van der Waals surface area contributed by atoms with Gasteiger partial charge in [0.25, 0.3) is 0 Å². The molecular formula is C30H27ClF3N7. The minimum Gasteiger partial charge on any atom is -0.377 e. The van der Waals surface area contributed by atoms with E-state index in [0.717, 1.165) is 22.6 Å². The third-order valence-electron chi connectivity index (χ3n) is 6.64. The first-order chi connectivity index (χ1) is 19.8. The van der Waals surface area contributed by atoms with Gasteiger partial charge in [0.1, 0.15) is 6.54 Å². The van der Waals surface area contributed by atoms with Crippen molar-refractivity contribution < 1.29 is 13.2 Å². The Kier molecular flexibility index (Phi) is 8.19. The second-order valence-electron chi connectivity index (χ2n) is 9.49. The Morgan fingerprint density at radius 3 is 2.54 bits per heavy atom. The summed E-state index contributed by atoms with van der Waals surface area (Å²) >= 11 is 6.73. The number of aromatic nitrogens is 2. The Balaban J connectivity index is 1.55. The van der Waals surface area contributed by atoms with Crippen molar-refractivity contribution >= 4 is 33.9 Å². The second kappa shape index (κ2) is 12.0. The molecule has 0 fully saturated rings. The highest BCUT2D eigenvalue weighted by atomic mass is 35.5. The molecule has 0 saturated carbocycles. The molecule has 1 aliphatic heterocycles. The molecule has 11 heteroatoms. The van der Waals surface area contributed by atoms with Gasteiger partial charge in [0.15, 0.2) is 0 Å². The molecule has 0 radical (unpaired) electrons. The standard InChI is InChI=1S/C30H27ClF3N7/c1-3-19-16-36-29-23(27(19)38-25(4-2)20-9-6-5-7-10-20)13-22(14-24(29)31)37-28(21-11-8-12-35-15-21)26-17-41(40-39-26)18-30(32,33)34/h1,5-17,25,28,37,39-40H,4,18H2,2H3,(H,36,38)/t25-,28+/m1/s1. The van der Waals surface area contributed by atoms with E-state index in [1.54, 1.807) is 30.7 Å². The van der Waals surface area contributed by atoms with E-state index in [-0.39, 0.29) is 6.04 Å². The number of halogens is 4. The van der Waals surface area contributed by atoms with Crippen LogP contribution in [0.3, 0.4) is 0 Å². The summed E-state index contributed by atoms with van der Waals surface area (Å²) < 4.78 is 39.1. The Morgan fingerprint density at radius 1 is 1.07 bits per heavy atom. The lowest BCUT2D eigenvalue weighted by molar-refractivity contribution is -0.145. The lowest BCUT2D eigenvalue weighted by Crippen LogP contribution is -2.42. The maximum absolute atomic E-state index is 13.0. The Bertz CT molecular complexity index is 1590. The first kappa shape index (κ1) is 28.1. The van der Waals surface area contributed by atoms with Gasteiger partial charge in [0, 0.05) is 35.9 Å². The summed E-state index contributed by atoms with van der Waals surface area (Å²) in [4.78, 5) is 8.71. The third-order valence-corrected chi connectivity index (χ3v) is 6.93. The molecule has 2 aromatic heterocycles. The first-order valence-electron chi connectivity index (χ1n) is 12.9. The highest BCUT2D eigenvalue weighted by Gasteiger charge is 2.33. The number of rotatable bonds is 9. The molecule has 41 heavy (non-hydrogen) atoms. The van der Waals surface area contributed by atoms with Gasteiger partial charge in [0.2, 0.25) is 0 Å². The van der Waals surface area contributed by atoms with Gasteiger partial charge in [0.05, 0.1) is 39.6 Å². The van der Waals surface area contributed by atoms with Gasteiger partial charge in [-0.2, -0.15) is 13.2 Å². The molecule has 2 aromatic carbocycles. The van der Waals surface area contributed by atoms with E-state index in [4.69, 9.17) is 18.0 Å². The van der Waals surface area contributed by atoms with Gasteiger partial charge in [-0.15, -0.1) is 12.0 Å². The number of hydrogen-bond donors (Lipinski definition) is 4. The van der Waals surface area contributed by atoms with Crippen molar-refractivity contribution in [2.45, 2.75) is 31.6 Å². The molecule has 210 valence electrons. The zero-order valence-electron chi connectivity index (χ0n) is 22.0. The molecule has 1 aliphatic rings. The Hall–Kier alpha value is -4.46. The zero-order valence-corrected chi connectivity index (χ0v) is 22.8. The number of nitrogens with one attached hydrogen (secondary N) is 4. The molecule has 5 rings (SSSR count). The molecule has 7 nitrogen and oxygen atoms in total. The Morgan fingerprint density at radius 2 is 1.85 bits per heavy atom. The summed E-state index contributed by atoms with van der Waals surface area (Å²) in [6, 6.07) is 16.6. The smallest absolute Gasteiger partial charge is 0.377 e. The number of anilines is 2. The molecule has 0 saturated heterocycles. The third kappa shape index (κ3) is 6.48. The molecule has 0 amide bonds. The number of pyridine rings is 2. The monoisotopic (exact) mass is 577 g/mol. The van der Waals surface area contributed by atoms with Gasteiger partial charge in [-0.3, -0.25) is 15.0 Å². The quantitative estimate of drug-likeness (QED) is 0.165. The van der Waals surface area contributed by atoms with Crippen molar-refractivity contribution in [1.29, 1.82) is 0 Å². The van der Waals surface area contributed by atoms with Gasteiger partial charge < -0.3 is 16.1 Å². The fraction of sp³-hybridized carbons (Fsp3) is 0.200. The number of nitrogens with zero attached hydrogens (tertiary/aromatic N) is 3. The number of hydrogen-bond acceptors (Lipinski definition) is 7. The van der Waals surface area contributed by atoms with E-state index in [1.165, 1.54) is 6.20 Å². The van der Waals surface area contributed by atoms with Crippen molar-refractivity contribution in [2.24, 2.45) is 0 Å². The molecule has 0 spiro atoms. The van der Waals surface area contributed by atoms with Crippen LogP contribution >= 0.6 is 11.6 Å². The molecule has 0 unspecified atom stereocenters. The average Bonchev–Trinajstić information content (AvgIpc) is 3.42.